The van der Waals surface area contributed by atoms with Gasteiger partial charge in [-0.05, 0) is 26.0 Å². The number of furan rings is 1. The fourth-order valence-corrected chi connectivity index (χ4v) is 3.62. The van der Waals surface area contributed by atoms with Gasteiger partial charge in [0.15, 0.2) is 11.4 Å². The molecule has 1 aromatic heterocycles. The van der Waals surface area contributed by atoms with Crippen LogP contribution in [-0.2, 0) is 19.1 Å². The number of carbonyl (C=O) groups excluding carboxylic acids is 2. The van der Waals surface area contributed by atoms with Crippen molar-refractivity contribution >= 4 is 11.8 Å². The van der Waals surface area contributed by atoms with Gasteiger partial charge in [0.05, 0.1) is 12.9 Å². The molecular weight excluding hydrogens is 334 g/mol. The molecule has 0 unspecified atom stereocenters. The first-order chi connectivity index (χ1) is 11.7. The minimum absolute atomic E-state index is 0.0724. The van der Waals surface area contributed by atoms with Crippen molar-refractivity contribution in [1.82, 2.24) is 0 Å². The van der Waals surface area contributed by atoms with Gasteiger partial charge < -0.3 is 19.0 Å². The van der Waals surface area contributed by atoms with E-state index in [9.17, 15) is 24.8 Å². The Hall–Kier alpha value is -2.26. The van der Waals surface area contributed by atoms with Gasteiger partial charge in [0.25, 0.3) is 6.04 Å². The lowest BCUT2D eigenvalue weighted by atomic mass is 9.64. The molecule has 1 aliphatic rings. The molecule has 1 N–H and O–H groups in total. The first-order valence-electron chi connectivity index (χ1n) is 7.85. The number of rotatable bonds is 6. The topological polar surface area (TPSA) is 129 Å². The van der Waals surface area contributed by atoms with Crippen LogP contribution in [0.25, 0.3) is 0 Å². The summed E-state index contributed by atoms with van der Waals surface area (Å²) < 4.78 is 15.4. The third-order valence-corrected chi connectivity index (χ3v) is 4.75. The molecule has 1 fully saturated rings. The van der Waals surface area contributed by atoms with Crippen LogP contribution in [0.3, 0.4) is 0 Å². The largest absolute Gasteiger partial charge is 0.469 e. The van der Waals surface area contributed by atoms with Crippen molar-refractivity contribution in [2.24, 2.45) is 0 Å². The third kappa shape index (κ3) is 3.05. The zero-order chi connectivity index (χ0) is 18.8. The minimum atomic E-state index is -2.53. The molecule has 2 rings (SSSR count). The van der Waals surface area contributed by atoms with Crippen LogP contribution >= 0.6 is 0 Å². The summed E-state index contributed by atoms with van der Waals surface area (Å²) in [5, 5.41) is 22.7. The summed E-state index contributed by atoms with van der Waals surface area (Å²) in [7, 11) is 1.15. The highest BCUT2D eigenvalue weighted by Crippen LogP contribution is 2.47. The van der Waals surface area contributed by atoms with Crippen molar-refractivity contribution in [3.8, 4) is 0 Å². The van der Waals surface area contributed by atoms with Gasteiger partial charge in [-0.3, -0.25) is 14.9 Å². The highest BCUT2D eigenvalue weighted by molar-refractivity contribution is 5.89. The number of ether oxygens (including phenoxy) is 2. The second kappa shape index (κ2) is 6.93. The highest BCUT2D eigenvalue weighted by Gasteiger charge is 2.70. The van der Waals surface area contributed by atoms with E-state index in [0.717, 1.165) is 14.0 Å². The monoisotopic (exact) mass is 355 g/mol. The van der Waals surface area contributed by atoms with Crippen molar-refractivity contribution < 1.29 is 33.5 Å². The van der Waals surface area contributed by atoms with Crippen LogP contribution in [0.5, 0.6) is 0 Å². The first-order valence-corrected chi connectivity index (χ1v) is 7.85. The summed E-state index contributed by atoms with van der Waals surface area (Å²) in [5.41, 5.74) is -4.52. The van der Waals surface area contributed by atoms with Gasteiger partial charge in [0, 0.05) is 30.8 Å². The molecule has 1 saturated carbocycles. The van der Waals surface area contributed by atoms with E-state index in [2.05, 4.69) is 0 Å². The summed E-state index contributed by atoms with van der Waals surface area (Å²) in [6, 6.07) is 1.23. The molecular formula is C16H21NO8. The van der Waals surface area contributed by atoms with Crippen molar-refractivity contribution in [2.75, 3.05) is 13.7 Å². The number of esters is 1. The van der Waals surface area contributed by atoms with Crippen LogP contribution in [0.1, 0.15) is 38.4 Å². The molecule has 1 aliphatic carbocycles. The molecule has 1 aromatic rings. The number of hydrogen-bond acceptors (Lipinski definition) is 8. The Balaban J connectivity index is 2.62. The molecule has 0 aromatic carbocycles. The zero-order valence-electron chi connectivity index (χ0n) is 14.3. The summed E-state index contributed by atoms with van der Waals surface area (Å²) in [6.07, 6.45) is 0.990. The van der Waals surface area contributed by atoms with E-state index in [4.69, 9.17) is 13.9 Å². The maximum atomic E-state index is 12.4. The lowest BCUT2D eigenvalue weighted by molar-refractivity contribution is -0.565. The quantitative estimate of drug-likeness (QED) is 0.456. The van der Waals surface area contributed by atoms with E-state index in [1.54, 1.807) is 12.1 Å². The maximum absolute atomic E-state index is 12.4. The SMILES string of the molecule is CCOC(=O)[C@]1(O)C[C@H](c2ccco2)C[C@](OC)(C(C)=O)[C@H]1[N+](=O)[O-]. The second-order valence-electron chi connectivity index (χ2n) is 6.10. The molecule has 0 amide bonds. The normalized spacial score (nSPS) is 32.2. The van der Waals surface area contributed by atoms with Gasteiger partial charge in [-0.2, -0.15) is 0 Å². The van der Waals surface area contributed by atoms with Crippen molar-refractivity contribution in [1.29, 1.82) is 0 Å². The Morgan fingerprint density at radius 2 is 2.16 bits per heavy atom. The predicted octanol–water partition coefficient (Wildman–Crippen LogP) is 1.07. The van der Waals surface area contributed by atoms with Gasteiger partial charge in [-0.25, -0.2) is 4.79 Å². The van der Waals surface area contributed by atoms with Crippen LogP contribution in [0.4, 0.5) is 0 Å². The van der Waals surface area contributed by atoms with E-state index in [1.165, 1.54) is 13.2 Å². The molecule has 0 spiro atoms. The Labute approximate surface area is 144 Å². The summed E-state index contributed by atoms with van der Waals surface area (Å²) in [6.45, 7) is 2.58. The molecule has 25 heavy (non-hydrogen) atoms. The van der Waals surface area contributed by atoms with Gasteiger partial charge >= 0.3 is 5.97 Å². The molecule has 0 bridgehead atoms. The second-order valence-corrected chi connectivity index (χ2v) is 6.10. The van der Waals surface area contributed by atoms with Crippen LogP contribution in [-0.4, -0.2) is 52.7 Å². The zero-order valence-corrected chi connectivity index (χ0v) is 14.3. The lowest BCUT2D eigenvalue weighted by Gasteiger charge is -2.45. The number of hydrogen-bond donors (Lipinski definition) is 1. The van der Waals surface area contributed by atoms with Crippen LogP contribution in [0.2, 0.25) is 0 Å². The maximum Gasteiger partial charge on any atom is 0.345 e. The van der Waals surface area contributed by atoms with E-state index in [1.807, 2.05) is 0 Å². The minimum Gasteiger partial charge on any atom is -0.469 e. The number of nitro groups is 1. The molecule has 0 aliphatic heterocycles. The lowest BCUT2D eigenvalue weighted by Crippen LogP contribution is -2.70. The van der Waals surface area contributed by atoms with Crippen molar-refractivity contribution in [2.45, 2.75) is 49.9 Å². The number of methoxy groups -OCH3 is 1. The van der Waals surface area contributed by atoms with Crippen LogP contribution in [0, 0.1) is 10.1 Å². The average Bonchev–Trinajstić information content (AvgIpc) is 3.07. The van der Waals surface area contributed by atoms with Gasteiger partial charge in [0.2, 0.25) is 5.60 Å². The first kappa shape index (κ1) is 19.1. The number of nitrogens with zero attached hydrogens (tertiary/aromatic N) is 1. The Morgan fingerprint density at radius 3 is 2.60 bits per heavy atom. The van der Waals surface area contributed by atoms with E-state index < -0.39 is 39.8 Å². The highest BCUT2D eigenvalue weighted by atomic mass is 16.6. The van der Waals surface area contributed by atoms with E-state index in [0.29, 0.717) is 5.76 Å². The van der Waals surface area contributed by atoms with Crippen LogP contribution < -0.4 is 0 Å². The number of ketones is 1. The van der Waals surface area contributed by atoms with Gasteiger partial charge in [0.1, 0.15) is 5.76 Å². The number of aliphatic hydroxyl groups is 1. The Kier molecular flexibility index (Phi) is 5.28. The molecule has 9 nitrogen and oxygen atoms in total. The summed E-state index contributed by atoms with van der Waals surface area (Å²) in [4.78, 5) is 35.6. The van der Waals surface area contributed by atoms with Crippen molar-refractivity contribution in [3.05, 3.63) is 34.3 Å². The van der Waals surface area contributed by atoms with Gasteiger partial charge in [-0.15, -0.1) is 0 Å². The predicted molar refractivity (Wildman–Crippen MR) is 83.5 cm³/mol. The van der Waals surface area contributed by atoms with Gasteiger partial charge in [-0.1, -0.05) is 0 Å². The molecule has 138 valence electrons. The number of Topliss-reactive ketones (excluding diaryl/α,β-unsaturated/α-hetero) is 1. The smallest absolute Gasteiger partial charge is 0.345 e. The summed E-state index contributed by atoms with van der Waals surface area (Å²) in [5.74, 6) is -2.05. The van der Waals surface area contributed by atoms with E-state index in [-0.39, 0.29) is 19.4 Å². The summed E-state index contributed by atoms with van der Waals surface area (Å²) >= 11 is 0. The Bertz CT molecular complexity index is 657. The fourth-order valence-electron chi connectivity index (χ4n) is 3.62. The number of carbonyl (C=O) groups is 2. The Morgan fingerprint density at radius 1 is 1.48 bits per heavy atom. The molecule has 9 heteroatoms. The third-order valence-electron chi connectivity index (χ3n) is 4.75. The molecule has 0 radical (unpaired) electrons. The molecule has 4 atom stereocenters. The van der Waals surface area contributed by atoms with Crippen molar-refractivity contribution in [3.63, 3.8) is 0 Å². The fraction of sp³-hybridized carbons (Fsp3) is 0.625. The molecule has 0 saturated heterocycles. The average molecular weight is 355 g/mol. The standard InChI is InChI=1S/C16H21NO8/c1-4-24-14(19)15(20)8-11(12-6-5-7-25-12)9-16(23-3,10(2)18)13(15)17(21)22/h5-7,11,13,20H,4,8-9H2,1-3H3/t11-,13-,15-,16-/m0/s1. The van der Waals surface area contributed by atoms with E-state index >= 15 is 0 Å². The molecule has 1 heterocycles. The van der Waals surface area contributed by atoms with Crippen LogP contribution in [0.15, 0.2) is 22.8 Å².